The van der Waals surface area contributed by atoms with Crippen LogP contribution in [-0.4, -0.2) is 88.9 Å². The number of fused-ring (bicyclic) bond motifs is 1. The van der Waals surface area contributed by atoms with Crippen LogP contribution in [0, 0.1) is 0 Å². The van der Waals surface area contributed by atoms with Crippen LogP contribution in [0.2, 0.25) is 0 Å². The third-order valence-corrected chi connectivity index (χ3v) is 10.6. The van der Waals surface area contributed by atoms with Crippen molar-refractivity contribution in [1.29, 1.82) is 0 Å². The highest BCUT2D eigenvalue weighted by Crippen LogP contribution is 2.37. The third-order valence-electron chi connectivity index (χ3n) is 10.6. The highest BCUT2D eigenvalue weighted by Gasteiger charge is 2.52. The van der Waals surface area contributed by atoms with Crippen molar-refractivity contribution in [2.24, 2.45) is 0 Å². The first kappa shape index (κ1) is 29.2. The average Bonchev–Trinajstić information content (AvgIpc) is 3.11. The number of rotatable bonds is 3. The molecule has 1 aliphatic heterocycles. The average molecular weight is 513 g/mol. The normalized spacial score (nSPS) is 16.1. The summed E-state index contributed by atoms with van der Waals surface area (Å²) in [6.07, 6.45) is 0. The molecular weight excluding hydrogens is 476 g/mol. The zero-order valence-electron chi connectivity index (χ0n) is 26.9. The highest BCUT2D eigenvalue weighted by atomic mass is 16.7. The molecule has 2 nitrogen and oxygen atoms in total. The molecule has 5 rings (SSSR count). The predicted octanol–water partition coefficient (Wildman–Crippen LogP) is -9.20. The van der Waals surface area contributed by atoms with Gasteiger partial charge in [0.2, 0.25) is 0 Å². The van der Waals surface area contributed by atoms with Crippen LogP contribution in [0.1, 0.15) is 27.7 Å². The van der Waals surface area contributed by atoms with Gasteiger partial charge in [0.1, 0.15) is 70.6 Å². The van der Waals surface area contributed by atoms with Crippen LogP contribution in [0.4, 0.5) is 0 Å². The first-order valence-corrected chi connectivity index (χ1v) is 14.7. The van der Waals surface area contributed by atoms with Gasteiger partial charge in [0.15, 0.2) is 0 Å². The SMILES string of the molecule is Bc1c(B)c(B)c(-c2cccc3c(-c4c(B)c(B)c(B)c(B5OC(C)(C)C(C)(C)O5)c4B)cccc23)c(B)c1B. The Hall–Kier alpha value is -2.29. The van der Waals surface area contributed by atoms with Crippen molar-refractivity contribution in [3.63, 3.8) is 0 Å². The summed E-state index contributed by atoms with van der Waals surface area (Å²) in [5.41, 5.74) is 17.7. The van der Waals surface area contributed by atoms with E-state index in [4.69, 9.17) is 9.31 Å². The van der Waals surface area contributed by atoms with Gasteiger partial charge >= 0.3 is 7.12 Å². The van der Waals surface area contributed by atoms with E-state index in [2.05, 4.69) is 135 Å². The Balaban J connectivity index is 1.79. The van der Waals surface area contributed by atoms with Gasteiger partial charge in [-0.25, -0.2) is 0 Å². The lowest BCUT2D eigenvalue weighted by Gasteiger charge is -2.32. The van der Waals surface area contributed by atoms with Crippen LogP contribution in [0.5, 0.6) is 0 Å². The summed E-state index contributed by atoms with van der Waals surface area (Å²) in [7, 11) is 19.9. The summed E-state index contributed by atoms with van der Waals surface area (Å²) in [4.78, 5) is 0. The maximum Gasteiger partial charge on any atom is 0.493 e. The maximum absolute atomic E-state index is 6.60. The van der Waals surface area contributed by atoms with Crippen LogP contribution < -0.4 is 54.6 Å². The molecule has 4 aromatic carbocycles. The second-order valence-corrected chi connectivity index (χ2v) is 13.1. The van der Waals surface area contributed by atoms with E-state index in [9.17, 15) is 0 Å². The molecule has 4 aromatic rings. The quantitative estimate of drug-likeness (QED) is 0.254. The van der Waals surface area contributed by atoms with Crippen LogP contribution in [-0.2, 0) is 9.31 Å². The standard InChI is InChI=1S/C28H36B10O2/c1-27(2)28(3,4)40-38(39-27)26-20(32)16(19(31)23(35)25(26)37)14-10-6-7-11-12(14)8-5-9-13(11)15-17(29)21(33)24(36)22(34)18(15)30/h5-10H,29-37H2,1-4H3. The van der Waals surface area contributed by atoms with Crippen molar-refractivity contribution >= 4 is 143 Å². The van der Waals surface area contributed by atoms with E-state index in [1.807, 2.05) is 0 Å². The smallest absolute Gasteiger partial charge is 0.399 e. The topological polar surface area (TPSA) is 18.5 Å². The molecule has 1 saturated heterocycles. The van der Waals surface area contributed by atoms with Gasteiger partial charge in [-0.15, -0.1) is 21.9 Å². The van der Waals surface area contributed by atoms with Crippen molar-refractivity contribution < 1.29 is 9.31 Å². The summed E-state index contributed by atoms with van der Waals surface area (Å²) in [6.45, 7) is 8.52. The zero-order chi connectivity index (χ0) is 29.5. The molecule has 0 unspecified atom stereocenters. The largest absolute Gasteiger partial charge is 0.493 e. The molecule has 0 saturated carbocycles. The van der Waals surface area contributed by atoms with Gasteiger partial charge in [0, 0.05) is 0 Å². The predicted molar refractivity (Wildman–Crippen MR) is 204 cm³/mol. The number of hydrogen-bond donors (Lipinski definition) is 0. The highest BCUT2D eigenvalue weighted by molar-refractivity contribution is 6.77. The second-order valence-electron chi connectivity index (χ2n) is 13.1. The van der Waals surface area contributed by atoms with E-state index >= 15 is 0 Å². The lowest BCUT2D eigenvalue weighted by atomic mass is 9.56. The first-order chi connectivity index (χ1) is 18.6. The molecule has 0 N–H and O–H groups in total. The Bertz CT molecular complexity index is 1670. The van der Waals surface area contributed by atoms with Gasteiger partial charge in [-0.05, 0) is 66.2 Å². The lowest BCUT2D eigenvalue weighted by molar-refractivity contribution is 0.00578. The van der Waals surface area contributed by atoms with E-state index in [1.165, 1.54) is 87.7 Å². The summed E-state index contributed by atoms with van der Waals surface area (Å²) in [5, 5.41) is 2.58. The Morgan fingerprint density at radius 3 is 1.25 bits per heavy atom. The summed E-state index contributed by atoms with van der Waals surface area (Å²) in [5.74, 6) is 0. The summed E-state index contributed by atoms with van der Waals surface area (Å²) < 4.78 is 13.2. The molecular formula is C28H36B10O2. The Labute approximate surface area is 249 Å². The van der Waals surface area contributed by atoms with Crippen LogP contribution >= 0.6 is 0 Å². The lowest BCUT2D eigenvalue weighted by Crippen LogP contribution is -2.61. The minimum absolute atomic E-state index is 0.385. The van der Waals surface area contributed by atoms with Crippen LogP contribution in [0.25, 0.3) is 33.0 Å². The molecule has 0 spiro atoms. The Morgan fingerprint density at radius 2 is 0.825 bits per heavy atom. The zero-order valence-corrected chi connectivity index (χ0v) is 26.9. The molecule has 0 atom stereocenters. The minimum Gasteiger partial charge on any atom is -0.399 e. The fraction of sp³-hybridized carbons (Fsp3) is 0.214. The minimum atomic E-state index is -0.391. The van der Waals surface area contributed by atoms with Gasteiger partial charge < -0.3 is 9.31 Å². The fourth-order valence-corrected chi connectivity index (χ4v) is 6.74. The van der Waals surface area contributed by atoms with Crippen LogP contribution in [0.15, 0.2) is 36.4 Å². The molecule has 0 radical (unpaired) electrons. The van der Waals surface area contributed by atoms with E-state index in [0.717, 1.165) is 0 Å². The Morgan fingerprint density at radius 1 is 0.475 bits per heavy atom. The molecule has 0 bridgehead atoms. The summed E-state index contributed by atoms with van der Waals surface area (Å²) >= 11 is 0. The maximum atomic E-state index is 6.60. The van der Waals surface area contributed by atoms with E-state index in [-0.39, 0.29) is 11.2 Å². The van der Waals surface area contributed by atoms with Gasteiger partial charge in [-0.3, -0.25) is 0 Å². The van der Waals surface area contributed by atoms with Gasteiger partial charge in [-0.2, -0.15) is 0 Å². The monoisotopic (exact) mass is 514 g/mol. The van der Waals surface area contributed by atoms with E-state index in [1.54, 1.807) is 0 Å². The molecule has 1 aliphatic rings. The molecule has 0 aliphatic carbocycles. The third kappa shape index (κ3) is 4.24. The fourth-order valence-electron chi connectivity index (χ4n) is 6.74. The number of benzene rings is 4. The molecule has 12 heteroatoms. The van der Waals surface area contributed by atoms with Crippen molar-refractivity contribution in [3.8, 4) is 22.3 Å². The summed E-state index contributed by atoms with van der Waals surface area (Å²) in [6, 6.07) is 13.6. The molecule has 1 fully saturated rings. The van der Waals surface area contributed by atoms with Crippen molar-refractivity contribution in [1.82, 2.24) is 0 Å². The Kier molecular flexibility index (Phi) is 7.24. The molecule has 190 valence electrons. The van der Waals surface area contributed by atoms with Gasteiger partial charge in [0.05, 0.1) is 11.2 Å². The molecule has 0 amide bonds. The molecule has 1 heterocycles. The van der Waals surface area contributed by atoms with Crippen molar-refractivity contribution in [2.45, 2.75) is 38.9 Å². The second kappa shape index (κ2) is 9.92. The first-order valence-electron chi connectivity index (χ1n) is 14.7. The van der Waals surface area contributed by atoms with Gasteiger partial charge in [0.25, 0.3) is 0 Å². The molecule has 40 heavy (non-hydrogen) atoms. The molecule has 0 aromatic heterocycles. The van der Waals surface area contributed by atoms with E-state index in [0.29, 0.717) is 0 Å². The van der Waals surface area contributed by atoms with Gasteiger partial charge in [-0.1, -0.05) is 63.7 Å². The van der Waals surface area contributed by atoms with Crippen LogP contribution in [0.3, 0.4) is 0 Å². The van der Waals surface area contributed by atoms with Crippen molar-refractivity contribution in [3.05, 3.63) is 36.4 Å². The number of hydrogen-bond acceptors (Lipinski definition) is 2. The van der Waals surface area contributed by atoms with Crippen molar-refractivity contribution in [2.75, 3.05) is 0 Å². The van der Waals surface area contributed by atoms with E-state index < -0.39 is 7.12 Å².